The van der Waals surface area contributed by atoms with Crippen molar-refractivity contribution in [1.82, 2.24) is 4.90 Å². The molecule has 2 aliphatic rings. The van der Waals surface area contributed by atoms with Crippen molar-refractivity contribution in [3.05, 3.63) is 40.5 Å². The number of hydrogen-bond donors (Lipinski definition) is 0. The highest BCUT2D eigenvalue weighted by atomic mass is 16.5. The Morgan fingerprint density at radius 2 is 2.00 bits per heavy atom. The SMILES string of the molecule is CCc1ccc2c(c1)C=C(CN1CCOCC1)CC2. The molecule has 0 atom stereocenters. The van der Waals surface area contributed by atoms with Gasteiger partial charge in [0.1, 0.15) is 0 Å². The largest absolute Gasteiger partial charge is 0.379 e. The molecule has 1 aliphatic heterocycles. The van der Waals surface area contributed by atoms with E-state index in [2.05, 4.69) is 36.1 Å². The lowest BCUT2D eigenvalue weighted by atomic mass is 9.90. The lowest BCUT2D eigenvalue weighted by Crippen LogP contribution is -2.37. The first-order chi connectivity index (χ1) is 9.35. The maximum Gasteiger partial charge on any atom is 0.0594 e. The fraction of sp³-hybridized carbons (Fsp3) is 0.529. The second-order valence-corrected chi connectivity index (χ2v) is 5.58. The van der Waals surface area contributed by atoms with E-state index < -0.39 is 0 Å². The van der Waals surface area contributed by atoms with Crippen molar-refractivity contribution in [1.29, 1.82) is 0 Å². The summed E-state index contributed by atoms with van der Waals surface area (Å²) in [7, 11) is 0. The Bertz CT molecular complexity index is 472. The minimum Gasteiger partial charge on any atom is -0.379 e. The monoisotopic (exact) mass is 257 g/mol. The van der Waals surface area contributed by atoms with E-state index >= 15 is 0 Å². The van der Waals surface area contributed by atoms with Crippen molar-refractivity contribution < 1.29 is 4.74 Å². The van der Waals surface area contributed by atoms with Crippen LogP contribution in [0.3, 0.4) is 0 Å². The van der Waals surface area contributed by atoms with Crippen LogP contribution in [0.1, 0.15) is 30.0 Å². The number of hydrogen-bond acceptors (Lipinski definition) is 2. The molecule has 0 amide bonds. The summed E-state index contributed by atoms with van der Waals surface area (Å²) in [5, 5.41) is 0. The molecule has 1 aliphatic carbocycles. The van der Waals surface area contributed by atoms with Gasteiger partial charge in [-0.1, -0.05) is 36.8 Å². The summed E-state index contributed by atoms with van der Waals surface area (Å²) < 4.78 is 5.41. The van der Waals surface area contributed by atoms with Crippen molar-refractivity contribution in [2.75, 3.05) is 32.8 Å². The summed E-state index contributed by atoms with van der Waals surface area (Å²) in [5.74, 6) is 0. The van der Waals surface area contributed by atoms with Gasteiger partial charge in [0.25, 0.3) is 0 Å². The van der Waals surface area contributed by atoms with Crippen LogP contribution >= 0.6 is 0 Å². The minimum absolute atomic E-state index is 0.893. The first-order valence-electron chi connectivity index (χ1n) is 7.46. The number of benzene rings is 1. The predicted octanol–water partition coefficient (Wildman–Crippen LogP) is 2.91. The molecule has 19 heavy (non-hydrogen) atoms. The van der Waals surface area contributed by atoms with Gasteiger partial charge in [0.15, 0.2) is 0 Å². The van der Waals surface area contributed by atoms with Gasteiger partial charge in [-0.15, -0.1) is 0 Å². The molecule has 0 N–H and O–H groups in total. The molecule has 2 nitrogen and oxygen atoms in total. The number of fused-ring (bicyclic) bond motifs is 1. The van der Waals surface area contributed by atoms with Crippen LogP contribution in [-0.2, 0) is 17.6 Å². The van der Waals surface area contributed by atoms with E-state index in [1.807, 2.05) is 0 Å². The Labute approximate surface area is 116 Å². The van der Waals surface area contributed by atoms with Crippen molar-refractivity contribution in [2.45, 2.75) is 26.2 Å². The van der Waals surface area contributed by atoms with Crippen LogP contribution in [0.15, 0.2) is 23.8 Å². The molecule has 102 valence electrons. The molecule has 1 aromatic rings. The van der Waals surface area contributed by atoms with Gasteiger partial charge in [-0.3, -0.25) is 4.90 Å². The molecule has 1 aromatic carbocycles. The van der Waals surface area contributed by atoms with Crippen LogP contribution in [-0.4, -0.2) is 37.7 Å². The average Bonchev–Trinajstić information content (AvgIpc) is 2.47. The van der Waals surface area contributed by atoms with Gasteiger partial charge >= 0.3 is 0 Å². The van der Waals surface area contributed by atoms with Crippen LogP contribution in [0.4, 0.5) is 0 Å². The zero-order valence-electron chi connectivity index (χ0n) is 11.8. The van der Waals surface area contributed by atoms with Crippen LogP contribution in [0.5, 0.6) is 0 Å². The first-order valence-corrected chi connectivity index (χ1v) is 7.46. The molecule has 0 bridgehead atoms. The van der Waals surface area contributed by atoms with Gasteiger partial charge < -0.3 is 4.74 Å². The van der Waals surface area contributed by atoms with E-state index in [9.17, 15) is 0 Å². The number of nitrogens with zero attached hydrogens (tertiary/aromatic N) is 1. The van der Waals surface area contributed by atoms with Gasteiger partial charge in [-0.25, -0.2) is 0 Å². The van der Waals surface area contributed by atoms with Gasteiger partial charge in [-0.2, -0.15) is 0 Å². The summed E-state index contributed by atoms with van der Waals surface area (Å²) in [6.45, 7) is 7.30. The summed E-state index contributed by atoms with van der Waals surface area (Å²) in [5.41, 5.74) is 6.00. The van der Waals surface area contributed by atoms with E-state index in [0.717, 1.165) is 39.3 Å². The van der Waals surface area contributed by atoms with Gasteiger partial charge in [-0.05, 0) is 36.0 Å². The second-order valence-electron chi connectivity index (χ2n) is 5.58. The van der Waals surface area contributed by atoms with Crippen LogP contribution in [0.25, 0.3) is 6.08 Å². The summed E-state index contributed by atoms with van der Waals surface area (Å²) in [6.07, 6.45) is 5.97. The Hall–Kier alpha value is -1.12. The molecule has 1 saturated heterocycles. The third-order valence-electron chi connectivity index (χ3n) is 4.22. The quantitative estimate of drug-likeness (QED) is 0.825. The normalized spacial score (nSPS) is 19.9. The lowest BCUT2D eigenvalue weighted by Gasteiger charge is -2.29. The zero-order chi connectivity index (χ0) is 13.1. The molecule has 1 fully saturated rings. The molecule has 3 rings (SSSR count). The van der Waals surface area contributed by atoms with Gasteiger partial charge in [0, 0.05) is 19.6 Å². The Kier molecular flexibility index (Phi) is 4.00. The van der Waals surface area contributed by atoms with E-state index in [4.69, 9.17) is 4.74 Å². The second kappa shape index (κ2) is 5.89. The Balaban J connectivity index is 1.74. The molecular weight excluding hydrogens is 234 g/mol. The zero-order valence-corrected chi connectivity index (χ0v) is 11.8. The molecular formula is C17H23NO. The highest BCUT2D eigenvalue weighted by molar-refractivity contribution is 5.60. The molecule has 1 heterocycles. The third kappa shape index (κ3) is 3.07. The molecule has 0 radical (unpaired) electrons. The van der Waals surface area contributed by atoms with Crippen LogP contribution < -0.4 is 0 Å². The van der Waals surface area contributed by atoms with Crippen molar-refractivity contribution >= 4 is 6.08 Å². The van der Waals surface area contributed by atoms with E-state index in [0.29, 0.717) is 0 Å². The van der Waals surface area contributed by atoms with E-state index in [1.165, 1.54) is 29.5 Å². The fourth-order valence-corrected chi connectivity index (χ4v) is 2.98. The predicted molar refractivity (Wildman–Crippen MR) is 79.4 cm³/mol. The van der Waals surface area contributed by atoms with Crippen LogP contribution in [0, 0.1) is 0 Å². The topological polar surface area (TPSA) is 12.5 Å². The van der Waals surface area contributed by atoms with E-state index in [1.54, 1.807) is 5.57 Å². The molecule has 0 aromatic heterocycles. The highest BCUT2D eigenvalue weighted by Crippen LogP contribution is 2.25. The van der Waals surface area contributed by atoms with E-state index in [-0.39, 0.29) is 0 Å². The van der Waals surface area contributed by atoms with Crippen molar-refractivity contribution in [2.24, 2.45) is 0 Å². The lowest BCUT2D eigenvalue weighted by molar-refractivity contribution is 0.0420. The fourth-order valence-electron chi connectivity index (χ4n) is 2.98. The highest BCUT2D eigenvalue weighted by Gasteiger charge is 2.15. The van der Waals surface area contributed by atoms with Crippen molar-refractivity contribution in [3.63, 3.8) is 0 Å². The maximum atomic E-state index is 5.41. The molecule has 0 saturated carbocycles. The Morgan fingerprint density at radius 1 is 1.16 bits per heavy atom. The maximum absolute atomic E-state index is 5.41. The number of morpholine rings is 1. The summed E-state index contributed by atoms with van der Waals surface area (Å²) >= 11 is 0. The molecule has 0 unspecified atom stereocenters. The van der Waals surface area contributed by atoms with Crippen molar-refractivity contribution in [3.8, 4) is 0 Å². The molecule has 0 spiro atoms. The summed E-state index contributed by atoms with van der Waals surface area (Å²) in [4.78, 5) is 2.52. The average molecular weight is 257 g/mol. The number of rotatable bonds is 3. The van der Waals surface area contributed by atoms with Gasteiger partial charge in [0.05, 0.1) is 13.2 Å². The Morgan fingerprint density at radius 3 is 2.79 bits per heavy atom. The molecule has 2 heteroatoms. The number of aryl methyl sites for hydroxylation is 2. The van der Waals surface area contributed by atoms with Gasteiger partial charge in [0.2, 0.25) is 0 Å². The standard InChI is InChI=1S/C17H23NO/c1-2-14-3-5-16-6-4-15(12-17(16)11-14)13-18-7-9-19-10-8-18/h3,5,11-12H,2,4,6-10,13H2,1H3. The smallest absolute Gasteiger partial charge is 0.0594 e. The number of ether oxygens (including phenoxy) is 1. The van der Waals surface area contributed by atoms with Crippen LogP contribution in [0.2, 0.25) is 0 Å². The summed E-state index contributed by atoms with van der Waals surface area (Å²) in [6, 6.07) is 6.96. The first kappa shape index (κ1) is 12.9. The minimum atomic E-state index is 0.893. The third-order valence-corrected chi connectivity index (χ3v) is 4.22.